The average Bonchev–Trinajstić information content (AvgIpc) is 2.64. The topological polar surface area (TPSA) is 58.2 Å². The van der Waals surface area contributed by atoms with Gasteiger partial charge in [-0.3, -0.25) is 0 Å². The van der Waals surface area contributed by atoms with Crippen LogP contribution in [0.3, 0.4) is 0 Å². The van der Waals surface area contributed by atoms with Crippen molar-refractivity contribution in [1.29, 1.82) is 0 Å². The van der Waals surface area contributed by atoms with E-state index in [9.17, 15) is 34.8 Å². The summed E-state index contributed by atoms with van der Waals surface area (Å²) in [6, 6.07) is 7.28. The summed E-state index contributed by atoms with van der Waals surface area (Å²) < 4.78 is 104. The minimum atomic E-state index is -5.13. The maximum Gasteiger partial charge on any atom is 0.416 e. The van der Waals surface area contributed by atoms with Gasteiger partial charge in [0.05, 0.1) is 16.0 Å². The van der Waals surface area contributed by atoms with Gasteiger partial charge >= 0.3 is 12.4 Å². The number of rotatable bonds is 8. The van der Waals surface area contributed by atoms with E-state index in [1.807, 2.05) is 4.72 Å². The summed E-state index contributed by atoms with van der Waals surface area (Å²) in [7, 11) is -4.57. The Kier molecular flexibility index (Phi) is 7.78. The van der Waals surface area contributed by atoms with Crippen molar-refractivity contribution >= 4 is 21.6 Å². The predicted octanol–water partition coefficient (Wildman–Crippen LogP) is 4.84. The number of hydrogen-bond donors (Lipinski definition) is 2. The number of halogens is 7. The van der Waals surface area contributed by atoms with Crippen LogP contribution in [-0.2, 0) is 28.9 Å². The predicted molar refractivity (Wildman–Crippen MR) is 99.4 cm³/mol. The molecule has 2 rings (SSSR count). The molecule has 0 spiro atoms. The summed E-state index contributed by atoms with van der Waals surface area (Å²) in [6.07, 6.45) is -10.0. The van der Waals surface area contributed by atoms with E-state index in [-0.39, 0.29) is 31.2 Å². The Morgan fingerprint density at radius 3 is 1.97 bits per heavy atom. The highest BCUT2D eigenvalue weighted by atomic mass is 35.5. The van der Waals surface area contributed by atoms with Crippen molar-refractivity contribution in [2.75, 3.05) is 13.1 Å². The molecule has 0 atom stereocenters. The Labute approximate surface area is 174 Å². The highest BCUT2D eigenvalue weighted by Crippen LogP contribution is 2.37. The first-order valence-corrected chi connectivity index (χ1v) is 10.4. The zero-order chi connectivity index (χ0) is 22.6. The van der Waals surface area contributed by atoms with Crippen LogP contribution >= 0.6 is 11.6 Å². The van der Waals surface area contributed by atoms with Gasteiger partial charge in [0.25, 0.3) is 0 Å². The second-order valence-electron chi connectivity index (χ2n) is 6.26. The van der Waals surface area contributed by atoms with E-state index < -0.39 is 38.4 Å². The van der Waals surface area contributed by atoms with Crippen LogP contribution in [0.25, 0.3) is 0 Å². The van der Waals surface area contributed by atoms with Crippen molar-refractivity contribution in [3.63, 3.8) is 0 Å². The summed E-state index contributed by atoms with van der Waals surface area (Å²) in [5.41, 5.74) is -2.57. The monoisotopic (exact) mass is 474 g/mol. The molecule has 0 fully saturated rings. The molecule has 2 aromatic rings. The minimum Gasteiger partial charge on any atom is -0.313 e. The Morgan fingerprint density at radius 1 is 0.867 bits per heavy atom. The van der Waals surface area contributed by atoms with Gasteiger partial charge in [-0.1, -0.05) is 29.8 Å². The van der Waals surface area contributed by atoms with Crippen LogP contribution in [0.5, 0.6) is 0 Å². The lowest BCUT2D eigenvalue weighted by atomic mass is 10.1. The molecule has 0 amide bonds. The van der Waals surface area contributed by atoms with Crippen LogP contribution < -0.4 is 10.0 Å². The van der Waals surface area contributed by atoms with Gasteiger partial charge in [0.15, 0.2) is 0 Å². The van der Waals surface area contributed by atoms with Crippen LogP contribution in [-0.4, -0.2) is 21.5 Å². The maximum atomic E-state index is 12.9. The molecule has 0 aliphatic carbocycles. The van der Waals surface area contributed by atoms with Gasteiger partial charge in [-0.15, -0.1) is 0 Å². The van der Waals surface area contributed by atoms with Crippen molar-refractivity contribution in [3.05, 3.63) is 64.2 Å². The summed E-state index contributed by atoms with van der Waals surface area (Å²) in [5.74, 6) is 0. The fraction of sp³-hybridized carbons (Fsp3) is 0.333. The molecule has 2 aromatic carbocycles. The SMILES string of the molecule is O=S(=O)(NCCCNCc1ccccc1Cl)c1cc(C(F)(F)F)cc(C(F)(F)F)c1. The van der Waals surface area contributed by atoms with E-state index in [1.54, 1.807) is 24.3 Å². The third-order valence-corrected chi connectivity index (χ3v) is 5.78. The average molecular weight is 475 g/mol. The van der Waals surface area contributed by atoms with E-state index in [0.717, 1.165) is 5.56 Å². The van der Waals surface area contributed by atoms with Crippen LogP contribution in [0.4, 0.5) is 26.3 Å². The van der Waals surface area contributed by atoms with Crippen molar-refractivity contribution in [2.45, 2.75) is 30.2 Å². The Morgan fingerprint density at radius 2 is 1.43 bits per heavy atom. The van der Waals surface area contributed by atoms with Gasteiger partial charge in [-0.25, -0.2) is 13.1 Å². The maximum absolute atomic E-state index is 12.9. The Bertz CT molecular complexity index is 945. The van der Waals surface area contributed by atoms with E-state index >= 15 is 0 Å². The van der Waals surface area contributed by atoms with Crippen molar-refractivity contribution in [3.8, 4) is 0 Å². The van der Waals surface area contributed by atoms with E-state index in [0.29, 0.717) is 18.1 Å². The molecular formula is C18H17ClF6N2O2S. The number of benzene rings is 2. The van der Waals surface area contributed by atoms with Crippen LogP contribution in [0.15, 0.2) is 47.4 Å². The lowest BCUT2D eigenvalue weighted by molar-refractivity contribution is -0.143. The van der Waals surface area contributed by atoms with E-state index in [2.05, 4.69) is 5.32 Å². The highest BCUT2D eigenvalue weighted by molar-refractivity contribution is 7.89. The highest BCUT2D eigenvalue weighted by Gasteiger charge is 2.38. The summed E-state index contributed by atoms with van der Waals surface area (Å²) in [5, 5.41) is 3.56. The fourth-order valence-electron chi connectivity index (χ4n) is 2.45. The molecule has 2 N–H and O–H groups in total. The third kappa shape index (κ3) is 6.86. The first-order valence-electron chi connectivity index (χ1n) is 8.54. The van der Waals surface area contributed by atoms with Crippen LogP contribution in [0.2, 0.25) is 5.02 Å². The fourth-order valence-corrected chi connectivity index (χ4v) is 3.80. The molecule has 4 nitrogen and oxygen atoms in total. The lowest BCUT2D eigenvalue weighted by Crippen LogP contribution is -2.28. The molecule has 30 heavy (non-hydrogen) atoms. The molecule has 166 valence electrons. The standard InChI is InChI=1S/C18H17ClF6N2O2S/c19-16-5-2-1-4-12(16)11-26-6-3-7-27-30(28,29)15-9-13(17(20,21)22)8-14(10-15)18(23,24)25/h1-2,4-5,8-10,26-27H,3,6-7,11H2. The molecule has 12 heteroatoms. The number of hydrogen-bond acceptors (Lipinski definition) is 3. The number of alkyl halides is 6. The van der Waals surface area contributed by atoms with Gasteiger partial charge in [0.2, 0.25) is 10.0 Å². The Hall–Kier alpha value is -1.82. The molecule has 0 saturated carbocycles. The van der Waals surface area contributed by atoms with Crippen LogP contribution in [0.1, 0.15) is 23.1 Å². The summed E-state index contributed by atoms with van der Waals surface area (Å²) in [6.45, 7) is 0.564. The molecule has 0 saturated heterocycles. The second-order valence-corrected chi connectivity index (χ2v) is 8.44. The number of sulfonamides is 1. The summed E-state index contributed by atoms with van der Waals surface area (Å²) in [4.78, 5) is -1.10. The quantitative estimate of drug-likeness (QED) is 0.425. The normalized spacial score (nSPS) is 12.9. The first kappa shape index (κ1) is 24.4. The third-order valence-electron chi connectivity index (χ3n) is 3.97. The molecule has 0 radical (unpaired) electrons. The first-order chi connectivity index (χ1) is 13.8. The van der Waals surface area contributed by atoms with Gasteiger partial charge in [-0.05, 0) is 42.8 Å². The second kappa shape index (κ2) is 9.54. The van der Waals surface area contributed by atoms with Crippen molar-refractivity contribution in [2.24, 2.45) is 0 Å². The number of nitrogens with one attached hydrogen (secondary N) is 2. The molecule has 0 bridgehead atoms. The lowest BCUT2D eigenvalue weighted by Gasteiger charge is -2.15. The smallest absolute Gasteiger partial charge is 0.313 e. The molecular weight excluding hydrogens is 458 g/mol. The molecule has 0 aromatic heterocycles. The van der Waals surface area contributed by atoms with Gasteiger partial charge < -0.3 is 5.32 Å². The largest absolute Gasteiger partial charge is 0.416 e. The minimum absolute atomic E-state index is 0.127. The summed E-state index contributed by atoms with van der Waals surface area (Å²) >= 11 is 5.99. The van der Waals surface area contributed by atoms with Crippen LogP contribution in [0, 0.1) is 0 Å². The van der Waals surface area contributed by atoms with E-state index in [4.69, 9.17) is 11.6 Å². The molecule has 0 aliphatic rings. The van der Waals surface area contributed by atoms with Crippen molar-refractivity contribution in [1.82, 2.24) is 10.0 Å². The molecule has 0 unspecified atom stereocenters. The van der Waals surface area contributed by atoms with Gasteiger partial charge in [-0.2, -0.15) is 26.3 Å². The van der Waals surface area contributed by atoms with Gasteiger partial charge in [0.1, 0.15) is 0 Å². The Balaban J connectivity index is 2.00. The molecule has 0 heterocycles. The van der Waals surface area contributed by atoms with E-state index in [1.165, 1.54) is 0 Å². The van der Waals surface area contributed by atoms with Gasteiger partial charge in [0, 0.05) is 18.1 Å². The molecule has 0 aliphatic heterocycles. The van der Waals surface area contributed by atoms with Crippen molar-refractivity contribution < 1.29 is 34.8 Å². The zero-order valence-corrected chi connectivity index (χ0v) is 16.8. The zero-order valence-electron chi connectivity index (χ0n) is 15.2.